The van der Waals surface area contributed by atoms with E-state index in [1.807, 2.05) is 19.0 Å². The van der Waals surface area contributed by atoms with E-state index in [-0.39, 0.29) is 18.1 Å². The molecule has 25 heavy (non-hydrogen) atoms. The van der Waals surface area contributed by atoms with Gasteiger partial charge in [0.1, 0.15) is 11.9 Å². The van der Waals surface area contributed by atoms with Crippen molar-refractivity contribution in [2.24, 2.45) is 0 Å². The van der Waals surface area contributed by atoms with Crippen LogP contribution in [0.3, 0.4) is 0 Å². The Bertz CT molecular complexity index is 636. The highest BCUT2D eigenvalue weighted by atomic mass is 19.1. The lowest BCUT2D eigenvalue weighted by molar-refractivity contribution is -0.143. The van der Waals surface area contributed by atoms with E-state index < -0.39 is 12.0 Å². The van der Waals surface area contributed by atoms with Crippen LogP contribution >= 0.6 is 0 Å². The number of hydrogen-bond acceptors (Lipinski definition) is 4. The molecule has 1 aromatic carbocycles. The van der Waals surface area contributed by atoms with Gasteiger partial charge in [-0.3, -0.25) is 14.5 Å². The standard InChI is InChI=1S/C18H26FN3O3/c1-13-12-14(4-5-15(13)19)17(18(24)25)22-7-6-16(23)21(10-11-22)9-8-20(2)3/h4-5,12,17H,6-11H2,1-3H3,(H,24,25). The van der Waals surface area contributed by atoms with Crippen LogP contribution in [-0.4, -0.2) is 78.5 Å². The number of nitrogens with zero attached hydrogens (tertiary/aromatic N) is 3. The second kappa shape index (κ2) is 8.40. The van der Waals surface area contributed by atoms with Crippen LogP contribution in [0.15, 0.2) is 18.2 Å². The van der Waals surface area contributed by atoms with Gasteiger partial charge in [-0.1, -0.05) is 12.1 Å². The summed E-state index contributed by atoms with van der Waals surface area (Å²) in [5, 5.41) is 9.70. The second-order valence-electron chi connectivity index (χ2n) is 6.72. The number of aliphatic carboxylic acids is 1. The molecule has 1 heterocycles. The number of aryl methyl sites for hydroxylation is 1. The van der Waals surface area contributed by atoms with Gasteiger partial charge in [0.05, 0.1) is 0 Å². The minimum atomic E-state index is -0.986. The first-order chi connectivity index (χ1) is 11.8. The molecule has 6 nitrogen and oxygen atoms in total. The highest BCUT2D eigenvalue weighted by Gasteiger charge is 2.31. The number of carbonyl (C=O) groups is 2. The molecule has 1 fully saturated rings. The second-order valence-corrected chi connectivity index (χ2v) is 6.72. The SMILES string of the molecule is Cc1cc(C(C(=O)O)N2CCC(=O)N(CCN(C)C)CC2)ccc1F. The largest absolute Gasteiger partial charge is 0.480 e. The number of carbonyl (C=O) groups excluding carboxylic acids is 1. The molecular formula is C18H26FN3O3. The quantitative estimate of drug-likeness (QED) is 0.838. The Labute approximate surface area is 147 Å². The van der Waals surface area contributed by atoms with Gasteiger partial charge in [0.15, 0.2) is 0 Å². The summed E-state index contributed by atoms with van der Waals surface area (Å²) < 4.78 is 13.5. The van der Waals surface area contributed by atoms with E-state index in [0.29, 0.717) is 37.3 Å². The Hall–Kier alpha value is -1.99. The molecule has 2 rings (SSSR count). The number of halogens is 1. The third kappa shape index (κ3) is 4.99. The molecule has 0 spiro atoms. The van der Waals surface area contributed by atoms with Crippen molar-refractivity contribution < 1.29 is 19.1 Å². The van der Waals surface area contributed by atoms with Gasteiger partial charge in [-0.2, -0.15) is 0 Å². The van der Waals surface area contributed by atoms with Gasteiger partial charge in [-0.05, 0) is 38.2 Å². The molecule has 0 aliphatic carbocycles. The van der Waals surface area contributed by atoms with E-state index in [2.05, 4.69) is 0 Å². The van der Waals surface area contributed by atoms with Gasteiger partial charge in [0.2, 0.25) is 5.91 Å². The molecule has 1 aliphatic heterocycles. The molecule has 0 aromatic heterocycles. The molecular weight excluding hydrogens is 325 g/mol. The van der Waals surface area contributed by atoms with Crippen LogP contribution in [0.1, 0.15) is 23.6 Å². The van der Waals surface area contributed by atoms with Crippen LogP contribution in [0.5, 0.6) is 0 Å². The van der Waals surface area contributed by atoms with Crippen molar-refractivity contribution in [3.8, 4) is 0 Å². The summed E-state index contributed by atoms with van der Waals surface area (Å²) in [6, 6.07) is 3.51. The van der Waals surface area contributed by atoms with Gasteiger partial charge in [-0.15, -0.1) is 0 Å². The van der Waals surface area contributed by atoms with Crippen LogP contribution in [0, 0.1) is 12.7 Å². The molecule has 1 unspecified atom stereocenters. The van der Waals surface area contributed by atoms with Crippen molar-refractivity contribution in [2.75, 3.05) is 46.8 Å². The number of carboxylic acids is 1. The molecule has 1 amide bonds. The fraction of sp³-hybridized carbons (Fsp3) is 0.556. The van der Waals surface area contributed by atoms with Crippen LogP contribution in [-0.2, 0) is 9.59 Å². The first kappa shape index (κ1) is 19.3. The summed E-state index contributed by atoms with van der Waals surface area (Å²) in [5.41, 5.74) is 0.961. The summed E-state index contributed by atoms with van der Waals surface area (Å²) in [6.07, 6.45) is 0.289. The van der Waals surface area contributed by atoms with E-state index in [1.54, 1.807) is 22.8 Å². The van der Waals surface area contributed by atoms with E-state index in [0.717, 1.165) is 6.54 Å². The number of carboxylic acid groups (broad SMARTS) is 1. The molecule has 1 saturated heterocycles. The lowest BCUT2D eigenvalue weighted by Crippen LogP contribution is -2.39. The summed E-state index contributed by atoms with van der Waals surface area (Å²) >= 11 is 0. The Balaban J connectivity index is 2.15. The Morgan fingerprint density at radius 1 is 1.32 bits per heavy atom. The number of rotatable bonds is 6. The summed E-state index contributed by atoms with van der Waals surface area (Å²) in [6.45, 7) is 4.37. The molecule has 1 N–H and O–H groups in total. The lowest BCUT2D eigenvalue weighted by atomic mass is 10.0. The predicted octanol–water partition coefficient (Wildman–Crippen LogP) is 1.36. The zero-order valence-electron chi connectivity index (χ0n) is 15.0. The molecule has 0 saturated carbocycles. The number of amides is 1. The molecule has 1 aliphatic rings. The van der Waals surface area contributed by atoms with Crippen LogP contribution in [0.2, 0.25) is 0 Å². The van der Waals surface area contributed by atoms with Gasteiger partial charge in [0, 0.05) is 39.1 Å². The maximum absolute atomic E-state index is 13.5. The van der Waals surface area contributed by atoms with Crippen molar-refractivity contribution in [3.63, 3.8) is 0 Å². The van der Waals surface area contributed by atoms with E-state index in [9.17, 15) is 19.1 Å². The van der Waals surface area contributed by atoms with Gasteiger partial charge < -0.3 is 14.9 Å². The molecule has 1 atom stereocenters. The first-order valence-electron chi connectivity index (χ1n) is 8.45. The fourth-order valence-corrected chi connectivity index (χ4v) is 3.05. The van der Waals surface area contributed by atoms with E-state index in [1.165, 1.54) is 12.1 Å². The number of likely N-dealkylation sites (N-methyl/N-ethyl adjacent to an activating group) is 1. The minimum Gasteiger partial charge on any atom is -0.480 e. The fourth-order valence-electron chi connectivity index (χ4n) is 3.05. The van der Waals surface area contributed by atoms with Crippen molar-refractivity contribution >= 4 is 11.9 Å². The van der Waals surface area contributed by atoms with Gasteiger partial charge in [0.25, 0.3) is 0 Å². The number of benzene rings is 1. The Morgan fingerprint density at radius 2 is 2.04 bits per heavy atom. The number of hydrogen-bond donors (Lipinski definition) is 1. The maximum Gasteiger partial charge on any atom is 0.325 e. The maximum atomic E-state index is 13.5. The average molecular weight is 351 g/mol. The summed E-state index contributed by atoms with van der Waals surface area (Å²) in [4.78, 5) is 29.7. The van der Waals surface area contributed by atoms with Crippen molar-refractivity contribution in [2.45, 2.75) is 19.4 Å². The summed E-state index contributed by atoms with van der Waals surface area (Å²) in [5.74, 6) is -1.29. The van der Waals surface area contributed by atoms with E-state index in [4.69, 9.17) is 0 Å². The van der Waals surface area contributed by atoms with Gasteiger partial charge >= 0.3 is 5.97 Å². The van der Waals surface area contributed by atoms with Crippen LogP contribution in [0.25, 0.3) is 0 Å². The highest BCUT2D eigenvalue weighted by molar-refractivity contribution is 5.78. The Kier molecular flexibility index (Phi) is 6.50. The zero-order valence-corrected chi connectivity index (χ0v) is 15.0. The molecule has 0 bridgehead atoms. The lowest BCUT2D eigenvalue weighted by Gasteiger charge is -2.28. The average Bonchev–Trinajstić information content (AvgIpc) is 2.71. The normalized spacial score (nSPS) is 17.6. The van der Waals surface area contributed by atoms with Crippen molar-refractivity contribution in [1.82, 2.24) is 14.7 Å². The van der Waals surface area contributed by atoms with Crippen molar-refractivity contribution in [1.29, 1.82) is 0 Å². The molecule has 7 heteroatoms. The third-order valence-corrected chi connectivity index (χ3v) is 4.54. The van der Waals surface area contributed by atoms with Gasteiger partial charge in [-0.25, -0.2) is 4.39 Å². The molecule has 1 aromatic rings. The third-order valence-electron chi connectivity index (χ3n) is 4.54. The van der Waals surface area contributed by atoms with Crippen LogP contribution in [0.4, 0.5) is 4.39 Å². The molecule has 0 radical (unpaired) electrons. The van der Waals surface area contributed by atoms with Crippen molar-refractivity contribution in [3.05, 3.63) is 35.1 Å². The topological polar surface area (TPSA) is 64.1 Å². The van der Waals surface area contributed by atoms with E-state index >= 15 is 0 Å². The first-order valence-corrected chi connectivity index (χ1v) is 8.45. The minimum absolute atomic E-state index is 0.0452. The summed E-state index contributed by atoms with van der Waals surface area (Å²) in [7, 11) is 3.90. The molecule has 138 valence electrons. The van der Waals surface area contributed by atoms with Crippen LogP contribution < -0.4 is 0 Å². The highest BCUT2D eigenvalue weighted by Crippen LogP contribution is 2.24. The predicted molar refractivity (Wildman–Crippen MR) is 92.8 cm³/mol. The monoisotopic (exact) mass is 351 g/mol. The zero-order chi connectivity index (χ0) is 18.6. The smallest absolute Gasteiger partial charge is 0.325 e. The Morgan fingerprint density at radius 3 is 2.64 bits per heavy atom.